The van der Waals surface area contributed by atoms with Gasteiger partial charge in [-0.2, -0.15) is 5.10 Å². The highest BCUT2D eigenvalue weighted by Gasteiger charge is 2.25. The lowest BCUT2D eigenvalue weighted by Gasteiger charge is -2.32. The Morgan fingerprint density at radius 2 is 1.97 bits per heavy atom. The van der Waals surface area contributed by atoms with Gasteiger partial charge in [-0.25, -0.2) is 14.6 Å². The third-order valence-electron chi connectivity index (χ3n) is 5.98. The van der Waals surface area contributed by atoms with E-state index in [0.29, 0.717) is 5.92 Å². The van der Waals surface area contributed by atoms with Crippen LogP contribution in [0.2, 0.25) is 0 Å². The number of methoxy groups -OCH3 is 1. The summed E-state index contributed by atoms with van der Waals surface area (Å²) in [4.78, 5) is 18.4. The molecule has 0 aromatic carbocycles. The van der Waals surface area contributed by atoms with Gasteiger partial charge in [-0.15, -0.1) is 0 Å². The molecule has 0 spiro atoms. The van der Waals surface area contributed by atoms with Gasteiger partial charge in [0.1, 0.15) is 5.82 Å². The van der Waals surface area contributed by atoms with Gasteiger partial charge in [0.15, 0.2) is 5.82 Å². The molecule has 1 aliphatic heterocycles. The molecule has 8 nitrogen and oxygen atoms in total. The number of likely N-dealkylation sites (tertiary alicyclic amines) is 1. The first-order chi connectivity index (χ1) is 15.0. The highest BCUT2D eigenvalue weighted by molar-refractivity contribution is 5.56. The van der Waals surface area contributed by atoms with Crippen LogP contribution in [0.15, 0.2) is 30.6 Å². The van der Waals surface area contributed by atoms with E-state index in [1.54, 1.807) is 13.3 Å². The molecule has 1 saturated heterocycles. The zero-order chi connectivity index (χ0) is 22.0. The summed E-state index contributed by atoms with van der Waals surface area (Å²) in [6.07, 6.45) is 5.73. The summed E-state index contributed by atoms with van der Waals surface area (Å²) in [6, 6.07) is 6.07. The maximum Gasteiger partial charge on any atom is 0.216 e. The monoisotopic (exact) mass is 421 g/mol. The third-order valence-corrected chi connectivity index (χ3v) is 5.98. The Morgan fingerprint density at radius 3 is 2.61 bits per heavy atom. The zero-order valence-electron chi connectivity index (χ0n) is 19.0. The Morgan fingerprint density at radius 1 is 1.19 bits per heavy atom. The smallest absolute Gasteiger partial charge is 0.216 e. The number of pyridine rings is 1. The number of aromatic nitrogens is 5. The fraction of sp³-hybridized carbons (Fsp3) is 0.478. The number of hydrogen-bond donors (Lipinski definition) is 0. The van der Waals surface area contributed by atoms with Crippen LogP contribution in [0.5, 0.6) is 5.88 Å². The molecule has 3 aromatic heterocycles. The molecule has 0 N–H and O–H groups in total. The molecular formula is C23H31N7O. The van der Waals surface area contributed by atoms with E-state index in [4.69, 9.17) is 14.7 Å². The van der Waals surface area contributed by atoms with Crippen LogP contribution < -0.4 is 9.64 Å². The lowest BCUT2D eigenvalue weighted by molar-refractivity contribution is 0.200. The molecule has 31 heavy (non-hydrogen) atoms. The van der Waals surface area contributed by atoms with Crippen molar-refractivity contribution >= 4 is 5.82 Å². The van der Waals surface area contributed by atoms with Gasteiger partial charge >= 0.3 is 0 Å². The minimum absolute atomic E-state index is 0.422. The number of aryl methyl sites for hydroxylation is 2. The molecule has 0 unspecified atom stereocenters. The lowest BCUT2D eigenvalue weighted by Crippen LogP contribution is -2.33. The number of ether oxygens (including phenoxy) is 1. The number of nitrogens with zero attached hydrogens (tertiary/aromatic N) is 7. The zero-order valence-corrected chi connectivity index (χ0v) is 19.0. The summed E-state index contributed by atoms with van der Waals surface area (Å²) in [7, 11) is 7.68. The average molecular weight is 422 g/mol. The van der Waals surface area contributed by atoms with Crippen molar-refractivity contribution in [2.45, 2.75) is 32.2 Å². The van der Waals surface area contributed by atoms with E-state index in [9.17, 15) is 0 Å². The van der Waals surface area contributed by atoms with E-state index in [2.05, 4.69) is 21.0 Å². The second kappa shape index (κ2) is 9.01. The predicted molar refractivity (Wildman–Crippen MR) is 121 cm³/mol. The summed E-state index contributed by atoms with van der Waals surface area (Å²) in [5.74, 6) is 2.95. The molecule has 0 amide bonds. The quantitative estimate of drug-likeness (QED) is 0.606. The van der Waals surface area contributed by atoms with E-state index in [-0.39, 0.29) is 0 Å². The van der Waals surface area contributed by atoms with Gasteiger partial charge in [0.2, 0.25) is 5.88 Å². The van der Waals surface area contributed by atoms with E-state index in [1.807, 2.05) is 56.0 Å². The fourth-order valence-corrected chi connectivity index (χ4v) is 4.24. The van der Waals surface area contributed by atoms with Gasteiger partial charge in [0, 0.05) is 63.3 Å². The van der Waals surface area contributed by atoms with Crippen LogP contribution in [0.3, 0.4) is 0 Å². The van der Waals surface area contributed by atoms with Gasteiger partial charge in [-0.3, -0.25) is 9.88 Å². The summed E-state index contributed by atoms with van der Waals surface area (Å²) >= 11 is 0. The second-order valence-corrected chi connectivity index (χ2v) is 8.36. The summed E-state index contributed by atoms with van der Waals surface area (Å²) in [6.45, 7) is 4.95. The Balaban J connectivity index is 1.50. The summed E-state index contributed by atoms with van der Waals surface area (Å²) in [5, 5.41) is 4.51. The maximum atomic E-state index is 5.57. The normalized spacial score (nSPS) is 15.3. The van der Waals surface area contributed by atoms with E-state index >= 15 is 0 Å². The van der Waals surface area contributed by atoms with Crippen molar-refractivity contribution in [1.29, 1.82) is 0 Å². The van der Waals surface area contributed by atoms with Gasteiger partial charge < -0.3 is 9.64 Å². The molecule has 3 aromatic rings. The van der Waals surface area contributed by atoms with Crippen LogP contribution in [0.1, 0.15) is 35.7 Å². The summed E-state index contributed by atoms with van der Waals surface area (Å²) < 4.78 is 7.39. The molecule has 1 fully saturated rings. The van der Waals surface area contributed by atoms with Gasteiger partial charge in [-0.05, 0) is 45.0 Å². The topological polar surface area (TPSA) is 72.2 Å². The molecule has 4 rings (SSSR count). The fourth-order valence-electron chi connectivity index (χ4n) is 4.24. The Labute approximate surface area is 183 Å². The molecule has 164 valence electrons. The maximum absolute atomic E-state index is 5.57. The minimum Gasteiger partial charge on any atom is -0.481 e. The number of anilines is 1. The van der Waals surface area contributed by atoms with E-state index in [1.165, 1.54) is 5.56 Å². The second-order valence-electron chi connectivity index (χ2n) is 8.36. The Hall–Kier alpha value is -3.00. The van der Waals surface area contributed by atoms with Crippen molar-refractivity contribution < 1.29 is 4.74 Å². The van der Waals surface area contributed by atoms with E-state index < -0.39 is 0 Å². The van der Waals surface area contributed by atoms with Gasteiger partial charge in [-0.1, -0.05) is 0 Å². The largest absolute Gasteiger partial charge is 0.481 e. The molecular weight excluding hydrogens is 390 g/mol. The first-order valence-corrected chi connectivity index (χ1v) is 10.7. The molecule has 0 bridgehead atoms. The molecule has 0 aliphatic carbocycles. The van der Waals surface area contributed by atoms with E-state index in [0.717, 1.165) is 66.9 Å². The molecule has 0 radical (unpaired) electrons. The van der Waals surface area contributed by atoms with Crippen LogP contribution >= 0.6 is 0 Å². The minimum atomic E-state index is 0.422. The van der Waals surface area contributed by atoms with Crippen molar-refractivity contribution in [3.05, 3.63) is 47.5 Å². The van der Waals surface area contributed by atoms with Crippen molar-refractivity contribution in [2.24, 2.45) is 7.05 Å². The standard InChI is InChI=1S/C23H31N7O/c1-16-19(23(31-5)29(4)27-16)15-30-11-8-17(9-12-30)20-13-21(28(2)3)26-22(25-20)18-7-6-10-24-14-18/h6-7,10,13-14,17H,8-9,11-12,15H2,1-5H3. The molecule has 8 heteroatoms. The van der Waals surface area contributed by atoms with Crippen LogP contribution in [0.4, 0.5) is 5.82 Å². The van der Waals surface area contributed by atoms with Crippen molar-refractivity contribution in [3.8, 4) is 17.3 Å². The first-order valence-electron chi connectivity index (χ1n) is 10.7. The highest BCUT2D eigenvalue weighted by atomic mass is 16.5. The third kappa shape index (κ3) is 4.54. The average Bonchev–Trinajstić information content (AvgIpc) is 3.06. The number of piperidine rings is 1. The molecule has 0 saturated carbocycles. The first kappa shape index (κ1) is 21.2. The van der Waals surface area contributed by atoms with Crippen LogP contribution in [-0.4, -0.2) is 63.9 Å². The SMILES string of the molecule is COc1c(CN2CCC(c3cc(N(C)C)nc(-c4cccnc4)n3)CC2)c(C)nn1C. The lowest BCUT2D eigenvalue weighted by atomic mass is 9.92. The number of rotatable bonds is 6. The van der Waals surface area contributed by atoms with Crippen LogP contribution in [0, 0.1) is 6.92 Å². The van der Waals surface area contributed by atoms with Crippen molar-refractivity contribution in [1.82, 2.24) is 29.6 Å². The van der Waals surface area contributed by atoms with Gasteiger partial charge in [0.05, 0.1) is 18.4 Å². The van der Waals surface area contributed by atoms with Crippen molar-refractivity contribution in [3.63, 3.8) is 0 Å². The van der Waals surface area contributed by atoms with Crippen LogP contribution in [0.25, 0.3) is 11.4 Å². The molecule has 4 heterocycles. The van der Waals surface area contributed by atoms with Gasteiger partial charge in [0.25, 0.3) is 0 Å². The Bertz CT molecular complexity index is 1020. The Kier molecular flexibility index (Phi) is 6.18. The van der Waals surface area contributed by atoms with Crippen LogP contribution in [-0.2, 0) is 13.6 Å². The molecule has 1 aliphatic rings. The summed E-state index contributed by atoms with van der Waals surface area (Å²) in [5.41, 5.74) is 4.28. The number of hydrogen-bond acceptors (Lipinski definition) is 7. The predicted octanol–water partition coefficient (Wildman–Crippen LogP) is 3.03. The van der Waals surface area contributed by atoms with Crippen molar-refractivity contribution in [2.75, 3.05) is 39.2 Å². The highest BCUT2D eigenvalue weighted by Crippen LogP contribution is 2.32. The molecule has 0 atom stereocenters.